The Bertz CT molecular complexity index is 674. The predicted octanol–water partition coefficient (Wildman–Crippen LogP) is 2.65. The number of non-ortho nitro benzene ring substituents is 1. The monoisotopic (exact) mass is 286 g/mol. The fraction of sp³-hybridized carbons (Fsp3) is 0.400. The largest absolute Gasteiger partial charge is 0.383 e. The predicted molar refractivity (Wildman–Crippen MR) is 82.5 cm³/mol. The number of rotatable bonds is 4. The Labute approximate surface area is 122 Å². The molecule has 1 aromatic carbocycles. The molecule has 3 rings (SSSR count). The summed E-state index contributed by atoms with van der Waals surface area (Å²) in [7, 11) is 2.13. The van der Waals surface area contributed by atoms with Gasteiger partial charge in [-0.3, -0.25) is 15.1 Å². The Hall–Kier alpha value is -2.21. The van der Waals surface area contributed by atoms with E-state index in [1.807, 2.05) is 0 Å². The lowest BCUT2D eigenvalue weighted by molar-refractivity contribution is -0.383. The first kappa shape index (κ1) is 13.8. The number of likely N-dealkylation sites (tertiary alicyclic amines) is 1. The van der Waals surface area contributed by atoms with Gasteiger partial charge >= 0.3 is 0 Å². The average Bonchev–Trinajstić information content (AvgIpc) is 2.89. The molecule has 6 heteroatoms. The molecule has 0 spiro atoms. The zero-order valence-corrected chi connectivity index (χ0v) is 12.0. The molecular formula is C15H18N4O2. The molecule has 21 heavy (non-hydrogen) atoms. The molecule has 1 aromatic heterocycles. The molecule has 1 aliphatic heterocycles. The SMILES string of the molecule is CN1CCCC1CNc1ccc([N+](=O)[O-])c2ccncc12. The highest BCUT2D eigenvalue weighted by Crippen LogP contribution is 2.31. The molecule has 1 unspecified atom stereocenters. The first-order valence-electron chi connectivity index (χ1n) is 7.12. The van der Waals surface area contributed by atoms with Gasteiger partial charge in [0.25, 0.3) is 5.69 Å². The lowest BCUT2D eigenvalue weighted by Gasteiger charge is -2.20. The minimum absolute atomic E-state index is 0.121. The van der Waals surface area contributed by atoms with Crippen LogP contribution in [0.5, 0.6) is 0 Å². The summed E-state index contributed by atoms with van der Waals surface area (Å²) in [5, 5.41) is 15.9. The van der Waals surface area contributed by atoms with E-state index in [-0.39, 0.29) is 10.6 Å². The second-order valence-electron chi connectivity index (χ2n) is 5.47. The van der Waals surface area contributed by atoms with Crippen LogP contribution in [-0.2, 0) is 0 Å². The Kier molecular flexibility index (Phi) is 3.70. The summed E-state index contributed by atoms with van der Waals surface area (Å²) in [6, 6.07) is 5.55. The highest BCUT2D eigenvalue weighted by atomic mass is 16.6. The Morgan fingerprint density at radius 3 is 3.00 bits per heavy atom. The number of pyridine rings is 1. The standard InChI is InChI=1S/C15H18N4O2/c1-18-8-2-3-11(18)9-17-14-4-5-15(19(20)21)12-6-7-16-10-13(12)14/h4-7,10-11,17H,2-3,8-9H2,1H3. The molecule has 1 atom stereocenters. The van der Waals surface area contributed by atoms with Crippen molar-refractivity contribution in [3.05, 3.63) is 40.7 Å². The third-order valence-electron chi connectivity index (χ3n) is 4.19. The zero-order chi connectivity index (χ0) is 14.8. The topological polar surface area (TPSA) is 71.3 Å². The summed E-state index contributed by atoms with van der Waals surface area (Å²) >= 11 is 0. The van der Waals surface area contributed by atoms with Gasteiger partial charge in [0, 0.05) is 42.1 Å². The van der Waals surface area contributed by atoms with E-state index in [9.17, 15) is 10.1 Å². The zero-order valence-electron chi connectivity index (χ0n) is 12.0. The van der Waals surface area contributed by atoms with E-state index in [1.165, 1.54) is 12.8 Å². The number of nitrogens with one attached hydrogen (secondary N) is 1. The van der Waals surface area contributed by atoms with Gasteiger partial charge in [-0.05, 0) is 38.6 Å². The second-order valence-corrected chi connectivity index (χ2v) is 5.47. The number of hydrogen-bond acceptors (Lipinski definition) is 5. The van der Waals surface area contributed by atoms with Gasteiger partial charge < -0.3 is 10.2 Å². The number of nitro groups is 1. The smallest absolute Gasteiger partial charge is 0.277 e. The van der Waals surface area contributed by atoms with Crippen LogP contribution in [0, 0.1) is 10.1 Å². The van der Waals surface area contributed by atoms with E-state index >= 15 is 0 Å². The third-order valence-corrected chi connectivity index (χ3v) is 4.19. The molecule has 0 saturated carbocycles. The van der Waals surface area contributed by atoms with Crippen molar-refractivity contribution >= 4 is 22.1 Å². The van der Waals surface area contributed by atoms with E-state index in [0.29, 0.717) is 11.4 Å². The molecule has 110 valence electrons. The molecule has 1 saturated heterocycles. The molecule has 1 N–H and O–H groups in total. The van der Waals surface area contributed by atoms with Crippen LogP contribution in [0.4, 0.5) is 11.4 Å². The molecule has 0 amide bonds. The van der Waals surface area contributed by atoms with Gasteiger partial charge in [0.2, 0.25) is 0 Å². The maximum absolute atomic E-state index is 11.1. The fourth-order valence-corrected chi connectivity index (χ4v) is 2.95. The van der Waals surface area contributed by atoms with Crippen LogP contribution in [0.15, 0.2) is 30.6 Å². The molecule has 2 aromatic rings. The van der Waals surface area contributed by atoms with E-state index in [0.717, 1.165) is 24.2 Å². The van der Waals surface area contributed by atoms with E-state index < -0.39 is 0 Å². The number of benzene rings is 1. The summed E-state index contributed by atoms with van der Waals surface area (Å²) in [6.07, 6.45) is 5.69. The average molecular weight is 286 g/mol. The fourth-order valence-electron chi connectivity index (χ4n) is 2.95. The number of aromatic nitrogens is 1. The van der Waals surface area contributed by atoms with Crippen molar-refractivity contribution in [3.8, 4) is 0 Å². The summed E-state index contributed by atoms with van der Waals surface area (Å²) < 4.78 is 0. The van der Waals surface area contributed by atoms with E-state index in [2.05, 4.69) is 22.2 Å². The highest BCUT2D eigenvalue weighted by molar-refractivity contribution is 5.99. The number of hydrogen-bond donors (Lipinski definition) is 1. The van der Waals surface area contributed by atoms with Gasteiger partial charge in [-0.2, -0.15) is 0 Å². The van der Waals surface area contributed by atoms with Gasteiger partial charge in [-0.15, -0.1) is 0 Å². The van der Waals surface area contributed by atoms with Crippen LogP contribution in [-0.4, -0.2) is 41.0 Å². The lowest BCUT2D eigenvalue weighted by Crippen LogP contribution is -2.31. The van der Waals surface area contributed by atoms with Crippen molar-refractivity contribution in [2.75, 3.05) is 25.5 Å². The number of nitro benzene ring substituents is 1. The first-order chi connectivity index (χ1) is 10.2. The van der Waals surface area contributed by atoms with Gasteiger partial charge in [0.15, 0.2) is 0 Å². The van der Waals surface area contributed by atoms with Crippen LogP contribution in [0.25, 0.3) is 10.8 Å². The molecule has 1 aliphatic rings. The summed E-state index contributed by atoms with van der Waals surface area (Å²) in [4.78, 5) is 17.2. The van der Waals surface area contributed by atoms with Crippen molar-refractivity contribution < 1.29 is 4.92 Å². The molecule has 0 aliphatic carbocycles. The van der Waals surface area contributed by atoms with Gasteiger partial charge in [0.1, 0.15) is 0 Å². The Morgan fingerprint density at radius 2 is 2.29 bits per heavy atom. The summed E-state index contributed by atoms with van der Waals surface area (Å²) in [6.45, 7) is 1.98. The quantitative estimate of drug-likeness (QED) is 0.691. The molecule has 0 bridgehead atoms. The number of fused-ring (bicyclic) bond motifs is 1. The minimum atomic E-state index is -0.350. The van der Waals surface area contributed by atoms with Crippen molar-refractivity contribution in [1.82, 2.24) is 9.88 Å². The van der Waals surface area contributed by atoms with Crippen LogP contribution in [0.1, 0.15) is 12.8 Å². The number of anilines is 1. The maximum atomic E-state index is 11.1. The van der Waals surface area contributed by atoms with Crippen LogP contribution in [0.2, 0.25) is 0 Å². The molecule has 0 radical (unpaired) electrons. The van der Waals surface area contributed by atoms with Crippen molar-refractivity contribution in [2.24, 2.45) is 0 Å². The number of likely N-dealkylation sites (N-methyl/N-ethyl adjacent to an activating group) is 1. The third kappa shape index (κ3) is 2.67. The van der Waals surface area contributed by atoms with E-state index in [4.69, 9.17) is 0 Å². The van der Waals surface area contributed by atoms with Crippen LogP contribution < -0.4 is 5.32 Å². The van der Waals surface area contributed by atoms with Crippen molar-refractivity contribution in [3.63, 3.8) is 0 Å². The Balaban J connectivity index is 1.89. The Morgan fingerprint density at radius 1 is 1.43 bits per heavy atom. The highest BCUT2D eigenvalue weighted by Gasteiger charge is 2.21. The molecule has 2 heterocycles. The lowest BCUT2D eigenvalue weighted by atomic mass is 10.1. The normalized spacial score (nSPS) is 19.0. The maximum Gasteiger partial charge on any atom is 0.277 e. The summed E-state index contributed by atoms with van der Waals surface area (Å²) in [5.41, 5.74) is 1.03. The van der Waals surface area contributed by atoms with Gasteiger partial charge in [-0.1, -0.05) is 0 Å². The molecule has 1 fully saturated rings. The van der Waals surface area contributed by atoms with E-state index in [1.54, 1.807) is 30.6 Å². The van der Waals surface area contributed by atoms with Gasteiger partial charge in [0.05, 0.1) is 10.3 Å². The van der Waals surface area contributed by atoms with Crippen LogP contribution >= 0.6 is 0 Å². The minimum Gasteiger partial charge on any atom is -0.383 e. The molecule has 6 nitrogen and oxygen atoms in total. The second kappa shape index (κ2) is 5.65. The number of nitrogens with zero attached hydrogens (tertiary/aromatic N) is 3. The molecular weight excluding hydrogens is 268 g/mol. The van der Waals surface area contributed by atoms with Crippen molar-refractivity contribution in [2.45, 2.75) is 18.9 Å². The van der Waals surface area contributed by atoms with Crippen LogP contribution in [0.3, 0.4) is 0 Å². The van der Waals surface area contributed by atoms with Gasteiger partial charge in [-0.25, -0.2) is 0 Å². The first-order valence-corrected chi connectivity index (χ1v) is 7.12. The summed E-state index contributed by atoms with van der Waals surface area (Å²) in [5.74, 6) is 0. The van der Waals surface area contributed by atoms with Crippen molar-refractivity contribution in [1.29, 1.82) is 0 Å².